The molecule has 5 N–H and O–H groups in total. The molecule has 6 atom stereocenters. The summed E-state index contributed by atoms with van der Waals surface area (Å²) in [6.45, 7) is 5.61. The molecule has 2 aliphatic heterocycles. The summed E-state index contributed by atoms with van der Waals surface area (Å²) in [7, 11) is 1.22. The number of ether oxygens (including phenoxy) is 2. The zero-order valence-corrected chi connectivity index (χ0v) is 28.1. The Hall–Kier alpha value is -3.73. The van der Waals surface area contributed by atoms with Crippen LogP contribution in [0, 0.1) is 17.7 Å². The molecule has 0 radical (unpaired) electrons. The van der Waals surface area contributed by atoms with Crippen molar-refractivity contribution in [1.29, 1.82) is 0 Å². The van der Waals surface area contributed by atoms with Crippen molar-refractivity contribution in [3.05, 3.63) is 33.9 Å². The molecule has 3 aliphatic carbocycles. The van der Waals surface area contributed by atoms with E-state index >= 15 is 4.39 Å². The summed E-state index contributed by atoms with van der Waals surface area (Å²) in [4.78, 5) is 37.4. The van der Waals surface area contributed by atoms with Gasteiger partial charge in [-0.05, 0) is 39.7 Å². The number of anilines is 1. The van der Waals surface area contributed by atoms with E-state index in [0.717, 1.165) is 12.3 Å². The molecule has 3 heterocycles. The molecule has 50 heavy (non-hydrogen) atoms. The number of methoxy groups -OCH3 is 1. The van der Waals surface area contributed by atoms with Gasteiger partial charge in [-0.15, -0.1) is 0 Å². The normalized spacial score (nSPS) is 31.9. The van der Waals surface area contributed by atoms with Crippen molar-refractivity contribution >= 4 is 28.7 Å². The number of nitrogens with one attached hydrogen (secondary N) is 2. The lowest BCUT2D eigenvalue weighted by Gasteiger charge is -2.32. The number of carboxylic acids is 1. The molecule has 1 aromatic carbocycles. The molecular formula is C33H41F6N5O6. The summed E-state index contributed by atoms with van der Waals surface area (Å²) in [6.07, 6.45) is -0.902. The first-order valence-corrected chi connectivity index (χ1v) is 16.5. The van der Waals surface area contributed by atoms with Crippen LogP contribution in [0.1, 0.15) is 69.3 Å². The Bertz CT molecular complexity index is 1780. The fourth-order valence-electron chi connectivity index (χ4n) is 8.11. The Balaban J connectivity index is 0.000000204. The number of rotatable bonds is 5. The minimum atomic E-state index is -2.99. The van der Waals surface area contributed by atoms with E-state index in [1.807, 2.05) is 0 Å². The van der Waals surface area contributed by atoms with Crippen molar-refractivity contribution in [2.24, 2.45) is 17.6 Å². The van der Waals surface area contributed by atoms with Crippen LogP contribution in [0.15, 0.2) is 17.1 Å². The van der Waals surface area contributed by atoms with E-state index in [1.54, 1.807) is 20.8 Å². The molecule has 17 heteroatoms. The van der Waals surface area contributed by atoms with Crippen molar-refractivity contribution < 1.29 is 50.5 Å². The van der Waals surface area contributed by atoms with Crippen molar-refractivity contribution in [2.45, 2.75) is 93.6 Å². The third-order valence-corrected chi connectivity index (χ3v) is 10.6. The maximum atomic E-state index is 15.3. The maximum Gasteiger partial charge on any atom is 0.408 e. The SMILES string of the molecule is CC(C)(C)OC(=O)N[C@@]12CCC(F)(F)[C@@H]1CNC2.COc1c(N2C[C@H]3C(F)(F)CC[C@@]3(N)C2)c(F)cc2c(=O)c(C(=O)O)cn([C@@H]3C[C@@H]3F)c12. The summed E-state index contributed by atoms with van der Waals surface area (Å²) in [5.74, 6) is -10.3. The molecule has 3 saturated carbocycles. The van der Waals surface area contributed by atoms with Crippen molar-refractivity contribution in [3.8, 4) is 5.75 Å². The lowest BCUT2D eigenvalue weighted by atomic mass is 9.89. The number of pyridine rings is 1. The van der Waals surface area contributed by atoms with Gasteiger partial charge >= 0.3 is 12.1 Å². The van der Waals surface area contributed by atoms with E-state index in [0.29, 0.717) is 6.54 Å². The number of aromatic carboxylic acids is 1. The lowest BCUT2D eigenvalue weighted by molar-refractivity contribution is -0.0421. The van der Waals surface area contributed by atoms with Crippen molar-refractivity contribution in [3.63, 3.8) is 0 Å². The number of benzene rings is 1. The van der Waals surface area contributed by atoms with Crippen LogP contribution < -0.4 is 31.4 Å². The lowest BCUT2D eigenvalue weighted by Crippen LogP contribution is -2.54. The molecule has 276 valence electrons. The van der Waals surface area contributed by atoms with Gasteiger partial charge in [0.2, 0.25) is 5.43 Å². The van der Waals surface area contributed by atoms with Gasteiger partial charge < -0.3 is 40.4 Å². The monoisotopic (exact) mass is 717 g/mol. The molecule has 0 bridgehead atoms. The first-order chi connectivity index (χ1) is 23.1. The van der Waals surface area contributed by atoms with Gasteiger partial charge in [0.1, 0.15) is 23.0 Å². The largest absolute Gasteiger partial charge is 0.492 e. The second kappa shape index (κ2) is 11.9. The number of alkyl carbamates (subject to hydrolysis) is 1. The fraction of sp³-hybridized carbons (Fsp3) is 0.667. The molecule has 7 rings (SSSR count). The van der Waals surface area contributed by atoms with Gasteiger partial charge in [0.25, 0.3) is 11.8 Å². The number of carbonyl (C=O) groups excluding carboxylic acids is 1. The zero-order chi connectivity index (χ0) is 36.8. The Labute approximate surface area is 283 Å². The molecular weight excluding hydrogens is 676 g/mol. The fourth-order valence-corrected chi connectivity index (χ4v) is 8.11. The van der Waals surface area contributed by atoms with E-state index in [4.69, 9.17) is 15.2 Å². The van der Waals surface area contributed by atoms with Crippen LogP contribution >= 0.6 is 0 Å². The van der Waals surface area contributed by atoms with E-state index in [2.05, 4.69) is 10.6 Å². The molecule has 2 saturated heterocycles. The summed E-state index contributed by atoms with van der Waals surface area (Å²) in [5, 5.41) is 14.7. The van der Waals surface area contributed by atoms with E-state index in [9.17, 15) is 41.4 Å². The minimum Gasteiger partial charge on any atom is -0.492 e. The van der Waals surface area contributed by atoms with Crippen LogP contribution in [-0.2, 0) is 4.74 Å². The summed E-state index contributed by atoms with van der Waals surface area (Å²) in [6, 6.07) is 0.121. The predicted molar refractivity (Wildman–Crippen MR) is 170 cm³/mol. The number of amides is 1. The second-order valence-corrected chi connectivity index (χ2v) is 15.2. The molecule has 1 aromatic heterocycles. The van der Waals surface area contributed by atoms with Gasteiger partial charge in [-0.1, -0.05) is 0 Å². The first-order valence-electron chi connectivity index (χ1n) is 16.5. The van der Waals surface area contributed by atoms with Gasteiger partial charge in [-0.2, -0.15) is 0 Å². The number of carbonyl (C=O) groups is 2. The first kappa shape index (κ1) is 36.1. The molecule has 0 unspecified atom stereocenters. The number of alkyl halides is 5. The number of hydrogen-bond acceptors (Lipinski definition) is 8. The third-order valence-electron chi connectivity index (χ3n) is 10.6. The van der Waals surface area contributed by atoms with Crippen LogP contribution in [0.2, 0.25) is 0 Å². The van der Waals surface area contributed by atoms with Gasteiger partial charge in [0.05, 0.1) is 41.4 Å². The summed E-state index contributed by atoms with van der Waals surface area (Å²) >= 11 is 0. The van der Waals surface area contributed by atoms with Crippen LogP contribution in [0.5, 0.6) is 5.75 Å². The van der Waals surface area contributed by atoms with Crippen molar-refractivity contribution in [1.82, 2.24) is 15.2 Å². The molecule has 2 aromatic rings. The topological polar surface area (TPSA) is 148 Å². The highest BCUT2D eigenvalue weighted by Crippen LogP contribution is 2.53. The van der Waals surface area contributed by atoms with Gasteiger partial charge in [0.15, 0.2) is 11.6 Å². The van der Waals surface area contributed by atoms with Gasteiger partial charge in [-0.25, -0.2) is 35.9 Å². The van der Waals surface area contributed by atoms with Gasteiger partial charge in [0, 0.05) is 57.2 Å². The Kier molecular flexibility index (Phi) is 8.60. The smallest absolute Gasteiger partial charge is 0.408 e. The van der Waals surface area contributed by atoms with Crippen LogP contribution in [-0.4, -0.2) is 89.7 Å². The molecule has 0 spiro atoms. The highest BCUT2D eigenvalue weighted by atomic mass is 19.3. The Morgan fingerprint density at radius 3 is 2.32 bits per heavy atom. The summed E-state index contributed by atoms with van der Waals surface area (Å²) in [5.41, 5.74) is 1.88. The number of nitrogens with two attached hydrogens (primary N) is 1. The van der Waals surface area contributed by atoms with E-state index < -0.39 is 81.4 Å². The van der Waals surface area contributed by atoms with Crippen molar-refractivity contribution in [2.75, 3.05) is 38.2 Å². The quantitative estimate of drug-likeness (QED) is 0.326. The molecule has 5 aliphatic rings. The van der Waals surface area contributed by atoms with Crippen LogP contribution in [0.3, 0.4) is 0 Å². The average molecular weight is 718 g/mol. The highest BCUT2D eigenvalue weighted by molar-refractivity contribution is 5.97. The summed E-state index contributed by atoms with van der Waals surface area (Å²) < 4.78 is 97.3. The molecule has 1 amide bonds. The second-order valence-electron chi connectivity index (χ2n) is 15.2. The van der Waals surface area contributed by atoms with Gasteiger partial charge in [-0.3, -0.25) is 4.79 Å². The zero-order valence-electron chi connectivity index (χ0n) is 28.1. The molecule has 11 nitrogen and oxygen atoms in total. The number of halogens is 6. The average Bonchev–Trinajstić information content (AvgIpc) is 3.24. The Morgan fingerprint density at radius 1 is 1.10 bits per heavy atom. The highest BCUT2D eigenvalue weighted by Gasteiger charge is 2.63. The standard InChI is InChI=1S/C21H21F4N3O4.C12H20F2N2O2/c1-32-18-15-9(17(29)10(19(30)31)6-28(15)13-5-11(13)22)4-12(23)16(18)27-7-14-20(26,8-27)2-3-21(14,24)25;1-10(2,3)18-9(17)16-11-4-5-12(13,14)8(11)6-15-7-11/h4,6,11,13-14H,2-3,5,7-8,26H2,1H3,(H,30,31);8,15H,4-7H2,1-3H3,(H,16,17)/t11-,13+,14+,20+;8-,11-/m01/s1. The maximum absolute atomic E-state index is 15.3. The third kappa shape index (κ3) is 6.13. The predicted octanol–water partition coefficient (Wildman–Crippen LogP) is 4.59. The van der Waals surface area contributed by atoms with Crippen LogP contribution in [0.25, 0.3) is 10.9 Å². The Morgan fingerprint density at radius 2 is 1.74 bits per heavy atom. The number of carboxylic acid groups (broad SMARTS) is 1. The molecule has 5 fully saturated rings. The number of hydrogen-bond donors (Lipinski definition) is 4. The van der Waals surface area contributed by atoms with E-state index in [-0.39, 0.29) is 74.1 Å². The number of nitrogens with zero attached hydrogens (tertiary/aromatic N) is 2. The minimum absolute atomic E-state index is 0.0268. The van der Waals surface area contributed by atoms with E-state index in [1.165, 1.54) is 16.6 Å². The number of fused-ring (bicyclic) bond motifs is 3. The van der Waals surface area contributed by atoms with Crippen LogP contribution in [0.4, 0.5) is 36.8 Å². The number of aromatic nitrogens is 1.